The molecule has 0 aliphatic rings. The predicted octanol–water partition coefficient (Wildman–Crippen LogP) is 1.95. The highest BCUT2D eigenvalue weighted by Gasteiger charge is 2.16. The zero-order valence-corrected chi connectivity index (χ0v) is 9.43. The van der Waals surface area contributed by atoms with E-state index in [1.54, 1.807) is 18.2 Å². The summed E-state index contributed by atoms with van der Waals surface area (Å²) < 4.78 is 0. The third-order valence-corrected chi connectivity index (χ3v) is 2.57. The number of hydrogen-bond acceptors (Lipinski definition) is 3. The highest BCUT2D eigenvalue weighted by atomic mass is 16.3. The maximum atomic E-state index is 9.58. The van der Waals surface area contributed by atoms with Crippen molar-refractivity contribution in [3.8, 4) is 6.07 Å². The Morgan fingerprint density at radius 3 is 2.38 bits per heavy atom. The second-order valence-corrected chi connectivity index (χ2v) is 3.86. The molecule has 0 heterocycles. The Kier molecular flexibility index (Phi) is 4.97. The monoisotopic (exact) mass is 219 g/mol. The van der Waals surface area contributed by atoms with E-state index in [-0.39, 0.29) is 0 Å². The van der Waals surface area contributed by atoms with Gasteiger partial charge in [-0.3, -0.25) is 0 Å². The standard InChI is InChI=1S/C13H17NO2/c1-2-3-4-10-5-7-11(8-6-10)13(16)12(15)9-14/h5-8,12-13,15-16H,2-4H2,1H3. The highest BCUT2D eigenvalue weighted by molar-refractivity contribution is 5.25. The van der Waals surface area contributed by atoms with Crippen LogP contribution in [0.1, 0.15) is 37.0 Å². The molecular formula is C13H17NO2. The molecule has 0 fully saturated rings. The van der Waals surface area contributed by atoms with Crippen molar-refractivity contribution in [1.29, 1.82) is 5.26 Å². The molecule has 2 atom stereocenters. The largest absolute Gasteiger partial charge is 0.385 e. The molecule has 16 heavy (non-hydrogen) atoms. The molecule has 0 amide bonds. The third kappa shape index (κ3) is 3.34. The van der Waals surface area contributed by atoms with Crippen molar-refractivity contribution in [3.63, 3.8) is 0 Å². The molecule has 0 aromatic heterocycles. The van der Waals surface area contributed by atoms with Gasteiger partial charge in [0.25, 0.3) is 0 Å². The Morgan fingerprint density at radius 2 is 1.88 bits per heavy atom. The van der Waals surface area contributed by atoms with E-state index in [4.69, 9.17) is 5.26 Å². The average Bonchev–Trinajstić information content (AvgIpc) is 2.35. The molecule has 1 aromatic rings. The molecule has 0 bridgehead atoms. The molecule has 0 radical (unpaired) electrons. The van der Waals surface area contributed by atoms with Crippen LogP contribution in [0.2, 0.25) is 0 Å². The van der Waals surface area contributed by atoms with Crippen LogP contribution in [0.15, 0.2) is 24.3 Å². The molecule has 1 rings (SSSR count). The summed E-state index contributed by atoms with van der Waals surface area (Å²) in [4.78, 5) is 0. The van der Waals surface area contributed by atoms with Gasteiger partial charge in [0, 0.05) is 0 Å². The Balaban J connectivity index is 2.67. The number of rotatable bonds is 5. The fourth-order valence-corrected chi connectivity index (χ4v) is 1.52. The number of aliphatic hydroxyl groups is 2. The number of benzene rings is 1. The normalized spacial score (nSPS) is 14.1. The second kappa shape index (κ2) is 6.26. The van der Waals surface area contributed by atoms with Gasteiger partial charge >= 0.3 is 0 Å². The van der Waals surface area contributed by atoms with Gasteiger partial charge in [0.2, 0.25) is 0 Å². The van der Waals surface area contributed by atoms with Gasteiger partial charge in [0.1, 0.15) is 6.10 Å². The van der Waals surface area contributed by atoms with Crippen molar-refractivity contribution in [3.05, 3.63) is 35.4 Å². The minimum atomic E-state index is -1.36. The summed E-state index contributed by atoms with van der Waals surface area (Å²) in [5.74, 6) is 0. The number of aliphatic hydroxyl groups excluding tert-OH is 2. The smallest absolute Gasteiger partial charge is 0.170 e. The van der Waals surface area contributed by atoms with Crippen molar-refractivity contribution in [2.75, 3.05) is 0 Å². The van der Waals surface area contributed by atoms with Crippen LogP contribution in [-0.4, -0.2) is 16.3 Å². The molecule has 3 nitrogen and oxygen atoms in total. The van der Waals surface area contributed by atoms with Crippen LogP contribution in [0.4, 0.5) is 0 Å². The molecule has 0 saturated heterocycles. The van der Waals surface area contributed by atoms with Crippen LogP contribution in [0, 0.1) is 11.3 Å². The first-order valence-electron chi connectivity index (χ1n) is 5.53. The summed E-state index contributed by atoms with van der Waals surface area (Å²) in [7, 11) is 0. The minimum Gasteiger partial charge on any atom is -0.385 e. The number of aryl methyl sites for hydroxylation is 1. The van der Waals surface area contributed by atoms with Crippen LogP contribution in [0.5, 0.6) is 0 Å². The Labute approximate surface area is 96.0 Å². The van der Waals surface area contributed by atoms with E-state index in [9.17, 15) is 10.2 Å². The first-order valence-corrected chi connectivity index (χ1v) is 5.53. The van der Waals surface area contributed by atoms with E-state index >= 15 is 0 Å². The summed E-state index contributed by atoms with van der Waals surface area (Å²) in [6.07, 6.45) is 0.834. The first kappa shape index (κ1) is 12.7. The molecule has 0 aliphatic carbocycles. The summed E-state index contributed by atoms with van der Waals surface area (Å²) in [6.45, 7) is 2.14. The molecule has 0 aliphatic heterocycles. The van der Waals surface area contributed by atoms with Gasteiger partial charge in [0.15, 0.2) is 6.10 Å². The van der Waals surface area contributed by atoms with E-state index in [2.05, 4.69) is 6.92 Å². The number of unbranched alkanes of at least 4 members (excludes halogenated alkanes) is 1. The van der Waals surface area contributed by atoms with Crippen LogP contribution in [0.3, 0.4) is 0 Å². The van der Waals surface area contributed by atoms with Gasteiger partial charge in [0.05, 0.1) is 6.07 Å². The lowest BCUT2D eigenvalue weighted by atomic mass is 10.0. The van der Waals surface area contributed by atoms with Gasteiger partial charge in [-0.1, -0.05) is 37.6 Å². The van der Waals surface area contributed by atoms with Crippen LogP contribution >= 0.6 is 0 Å². The van der Waals surface area contributed by atoms with Crippen molar-refractivity contribution in [1.82, 2.24) is 0 Å². The van der Waals surface area contributed by atoms with E-state index in [1.807, 2.05) is 12.1 Å². The predicted molar refractivity (Wildman–Crippen MR) is 61.6 cm³/mol. The first-order chi connectivity index (χ1) is 7.69. The molecule has 86 valence electrons. The van der Waals surface area contributed by atoms with Crippen molar-refractivity contribution < 1.29 is 10.2 Å². The van der Waals surface area contributed by atoms with E-state index in [0.29, 0.717) is 5.56 Å². The fourth-order valence-electron chi connectivity index (χ4n) is 1.52. The summed E-state index contributed by atoms with van der Waals surface area (Å²) >= 11 is 0. The molecule has 3 heteroatoms. The van der Waals surface area contributed by atoms with Gasteiger partial charge in [-0.05, 0) is 24.0 Å². The molecule has 2 unspecified atom stereocenters. The maximum absolute atomic E-state index is 9.58. The third-order valence-electron chi connectivity index (χ3n) is 2.57. The average molecular weight is 219 g/mol. The van der Waals surface area contributed by atoms with E-state index < -0.39 is 12.2 Å². The quantitative estimate of drug-likeness (QED) is 0.744. The van der Waals surface area contributed by atoms with Crippen molar-refractivity contribution in [2.24, 2.45) is 0 Å². The van der Waals surface area contributed by atoms with Crippen LogP contribution in [-0.2, 0) is 6.42 Å². The summed E-state index contributed by atoms with van der Waals surface area (Å²) in [5.41, 5.74) is 1.79. The Bertz CT molecular complexity index is 353. The lowest BCUT2D eigenvalue weighted by Gasteiger charge is -2.12. The molecular weight excluding hydrogens is 202 g/mol. The number of hydrogen-bond donors (Lipinski definition) is 2. The van der Waals surface area contributed by atoms with Crippen LogP contribution in [0.25, 0.3) is 0 Å². The van der Waals surface area contributed by atoms with Gasteiger partial charge in [-0.15, -0.1) is 0 Å². The Hall–Kier alpha value is -1.37. The lowest BCUT2D eigenvalue weighted by Crippen LogP contribution is -2.15. The fraction of sp³-hybridized carbons (Fsp3) is 0.462. The SMILES string of the molecule is CCCCc1ccc(C(O)C(O)C#N)cc1. The maximum Gasteiger partial charge on any atom is 0.170 e. The molecule has 0 spiro atoms. The second-order valence-electron chi connectivity index (χ2n) is 3.86. The van der Waals surface area contributed by atoms with E-state index in [0.717, 1.165) is 19.3 Å². The topological polar surface area (TPSA) is 64.2 Å². The zero-order valence-electron chi connectivity index (χ0n) is 9.43. The molecule has 1 aromatic carbocycles. The molecule has 0 saturated carbocycles. The Morgan fingerprint density at radius 1 is 1.25 bits per heavy atom. The van der Waals surface area contributed by atoms with Gasteiger partial charge in [-0.2, -0.15) is 5.26 Å². The van der Waals surface area contributed by atoms with E-state index in [1.165, 1.54) is 5.56 Å². The lowest BCUT2D eigenvalue weighted by molar-refractivity contribution is 0.0528. The zero-order chi connectivity index (χ0) is 12.0. The van der Waals surface area contributed by atoms with Crippen molar-refractivity contribution in [2.45, 2.75) is 38.4 Å². The summed E-state index contributed by atoms with van der Waals surface area (Å²) in [5, 5.41) is 27.2. The molecule has 2 N–H and O–H groups in total. The van der Waals surface area contributed by atoms with Gasteiger partial charge < -0.3 is 10.2 Å². The van der Waals surface area contributed by atoms with Gasteiger partial charge in [-0.25, -0.2) is 0 Å². The number of nitrogens with zero attached hydrogens (tertiary/aromatic N) is 1. The van der Waals surface area contributed by atoms with Crippen LogP contribution < -0.4 is 0 Å². The highest BCUT2D eigenvalue weighted by Crippen LogP contribution is 2.17. The van der Waals surface area contributed by atoms with Crippen molar-refractivity contribution >= 4 is 0 Å². The number of nitriles is 1. The summed E-state index contributed by atoms with van der Waals surface area (Å²) in [6, 6.07) is 9.00. The minimum absolute atomic E-state index is 0.578.